The van der Waals surface area contributed by atoms with Crippen LogP contribution in [0.1, 0.15) is 11.1 Å². The lowest BCUT2D eigenvalue weighted by molar-refractivity contribution is -0.111. The maximum atomic E-state index is 12.4. The molecule has 0 saturated carbocycles. The average Bonchev–Trinajstić information content (AvgIpc) is 3.04. The zero-order valence-electron chi connectivity index (χ0n) is 14.5. The molecule has 27 heavy (non-hydrogen) atoms. The largest absolute Gasteiger partial charge is 0.493 e. The van der Waals surface area contributed by atoms with E-state index in [1.807, 2.05) is 25.1 Å². The summed E-state index contributed by atoms with van der Waals surface area (Å²) >= 11 is 1.39. The minimum absolute atomic E-state index is 0.0704. The van der Waals surface area contributed by atoms with Gasteiger partial charge < -0.3 is 9.47 Å². The van der Waals surface area contributed by atoms with Gasteiger partial charge in [0.1, 0.15) is 0 Å². The number of halogens is 2. The van der Waals surface area contributed by atoms with Crippen LogP contribution in [0.3, 0.4) is 0 Å². The summed E-state index contributed by atoms with van der Waals surface area (Å²) in [6, 6.07) is 10.3. The fourth-order valence-electron chi connectivity index (χ4n) is 2.44. The smallest absolute Gasteiger partial charge is 0.387 e. The van der Waals surface area contributed by atoms with Gasteiger partial charge in [0.15, 0.2) is 16.6 Å². The van der Waals surface area contributed by atoms with Crippen LogP contribution >= 0.6 is 11.3 Å². The van der Waals surface area contributed by atoms with Gasteiger partial charge in [0.05, 0.1) is 17.3 Å². The lowest BCUT2D eigenvalue weighted by atomic mass is 10.2. The summed E-state index contributed by atoms with van der Waals surface area (Å²) in [7, 11) is 1.35. The van der Waals surface area contributed by atoms with Gasteiger partial charge in [-0.25, -0.2) is 4.98 Å². The van der Waals surface area contributed by atoms with Gasteiger partial charge in [-0.2, -0.15) is 8.78 Å². The second-order valence-electron chi connectivity index (χ2n) is 5.55. The van der Waals surface area contributed by atoms with Crippen LogP contribution in [0.25, 0.3) is 16.3 Å². The lowest BCUT2D eigenvalue weighted by Gasteiger charge is -2.10. The predicted octanol–water partition coefficient (Wildman–Crippen LogP) is 4.87. The van der Waals surface area contributed by atoms with Crippen LogP contribution in [0.15, 0.2) is 42.5 Å². The van der Waals surface area contributed by atoms with Crippen LogP contribution in [-0.2, 0) is 4.79 Å². The van der Waals surface area contributed by atoms with E-state index in [4.69, 9.17) is 4.74 Å². The molecule has 1 heterocycles. The molecule has 2 aromatic carbocycles. The van der Waals surface area contributed by atoms with Crippen LogP contribution in [0.4, 0.5) is 13.9 Å². The Labute approximate surface area is 158 Å². The first kappa shape index (κ1) is 18.8. The Morgan fingerprint density at radius 3 is 2.78 bits per heavy atom. The van der Waals surface area contributed by atoms with Gasteiger partial charge in [0.2, 0.25) is 5.91 Å². The Balaban J connectivity index is 1.71. The summed E-state index contributed by atoms with van der Waals surface area (Å²) in [6.45, 7) is -0.981. The van der Waals surface area contributed by atoms with E-state index in [0.29, 0.717) is 10.7 Å². The van der Waals surface area contributed by atoms with Crippen LogP contribution in [-0.4, -0.2) is 24.6 Å². The zero-order chi connectivity index (χ0) is 19.4. The maximum absolute atomic E-state index is 12.4. The summed E-state index contributed by atoms with van der Waals surface area (Å²) < 4.78 is 35.1. The van der Waals surface area contributed by atoms with E-state index in [9.17, 15) is 13.6 Å². The first-order valence-electron chi connectivity index (χ1n) is 7.94. The zero-order valence-corrected chi connectivity index (χ0v) is 15.3. The molecule has 0 fully saturated rings. The van der Waals surface area contributed by atoms with Gasteiger partial charge in [-0.15, -0.1) is 0 Å². The molecule has 0 spiro atoms. The molecular formula is C19H16F2N2O3S. The Morgan fingerprint density at radius 2 is 2.07 bits per heavy atom. The Morgan fingerprint density at radius 1 is 1.26 bits per heavy atom. The third kappa shape index (κ3) is 4.59. The number of amides is 1. The quantitative estimate of drug-likeness (QED) is 0.610. The van der Waals surface area contributed by atoms with Crippen LogP contribution in [0.2, 0.25) is 0 Å². The van der Waals surface area contributed by atoms with Crippen molar-refractivity contribution in [3.05, 3.63) is 53.6 Å². The van der Waals surface area contributed by atoms with Gasteiger partial charge in [-0.05, 0) is 42.3 Å². The van der Waals surface area contributed by atoms with E-state index in [1.54, 1.807) is 12.1 Å². The number of alkyl halides is 2. The van der Waals surface area contributed by atoms with Crippen molar-refractivity contribution in [2.24, 2.45) is 0 Å². The van der Waals surface area contributed by atoms with E-state index in [2.05, 4.69) is 15.0 Å². The highest BCUT2D eigenvalue weighted by molar-refractivity contribution is 7.22. The number of fused-ring (bicyclic) bond motifs is 1. The number of nitrogens with zero attached hydrogens (tertiary/aromatic N) is 1. The van der Waals surface area contributed by atoms with E-state index in [-0.39, 0.29) is 17.4 Å². The van der Waals surface area contributed by atoms with Crippen molar-refractivity contribution in [1.29, 1.82) is 0 Å². The molecule has 1 aromatic heterocycles. The molecule has 140 valence electrons. The van der Waals surface area contributed by atoms with Crippen molar-refractivity contribution in [2.75, 3.05) is 12.4 Å². The average molecular weight is 390 g/mol. The van der Waals surface area contributed by atoms with Gasteiger partial charge in [0.25, 0.3) is 0 Å². The van der Waals surface area contributed by atoms with Crippen molar-refractivity contribution in [2.45, 2.75) is 13.5 Å². The Kier molecular flexibility index (Phi) is 5.66. The first-order chi connectivity index (χ1) is 13.0. The van der Waals surface area contributed by atoms with Crippen LogP contribution in [0.5, 0.6) is 11.5 Å². The molecule has 0 aliphatic rings. The number of rotatable bonds is 6. The minimum atomic E-state index is -2.94. The van der Waals surface area contributed by atoms with Crippen molar-refractivity contribution >= 4 is 38.7 Å². The molecule has 3 aromatic rings. The summed E-state index contributed by atoms with van der Waals surface area (Å²) in [5.41, 5.74) is 2.50. The fraction of sp³-hybridized carbons (Fsp3) is 0.158. The summed E-state index contributed by atoms with van der Waals surface area (Å²) in [5.74, 6) is -0.267. The normalized spacial score (nSPS) is 11.3. The molecule has 1 N–H and O–H groups in total. The highest BCUT2D eigenvalue weighted by atomic mass is 32.1. The molecule has 0 aliphatic heterocycles. The van der Waals surface area contributed by atoms with Crippen molar-refractivity contribution in [1.82, 2.24) is 4.98 Å². The monoisotopic (exact) mass is 390 g/mol. The number of aromatic nitrogens is 1. The standard InChI is InChI=1S/C19H16F2N2O3S/c1-11-4-3-5-15-17(11)23-19(27-15)22-16(24)9-7-12-6-8-13(26-18(20)21)14(10-12)25-2/h3-10,18H,1-2H3,(H,22,23,24). The number of benzene rings is 2. The first-order valence-corrected chi connectivity index (χ1v) is 8.76. The molecule has 5 nitrogen and oxygen atoms in total. The van der Waals surface area contributed by atoms with Gasteiger partial charge in [-0.3, -0.25) is 10.1 Å². The number of nitrogens with one attached hydrogen (secondary N) is 1. The topological polar surface area (TPSA) is 60.5 Å². The number of carbonyl (C=O) groups excluding carboxylic acids is 1. The maximum Gasteiger partial charge on any atom is 0.387 e. The fourth-order valence-corrected chi connectivity index (χ4v) is 3.39. The number of carbonyl (C=O) groups is 1. The number of ether oxygens (including phenoxy) is 2. The number of aryl methyl sites for hydroxylation is 1. The molecule has 1 amide bonds. The van der Waals surface area contributed by atoms with E-state index < -0.39 is 6.61 Å². The van der Waals surface area contributed by atoms with Crippen molar-refractivity contribution in [3.63, 3.8) is 0 Å². The molecule has 0 saturated heterocycles. The van der Waals surface area contributed by atoms with Crippen molar-refractivity contribution in [3.8, 4) is 11.5 Å². The van der Waals surface area contributed by atoms with E-state index in [0.717, 1.165) is 15.8 Å². The number of anilines is 1. The third-order valence-electron chi connectivity index (χ3n) is 3.68. The second kappa shape index (κ2) is 8.13. The number of methoxy groups -OCH3 is 1. The van der Waals surface area contributed by atoms with Gasteiger partial charge in [-0.1, -0.05) is 29.5 Å². The summed E-state index contributed by atoms with van der Waals surface area (Å²) in [5, 5.41) is 3.23. The highest BCUT2D eigenvalue weighted by Crippen LogP contribution is 2.30. The minimum Gasteiger partial charge on any atom is -0.493 e. The van der Waals surface area contributed by atoms with Gasteiger partial charge in [0, 0.05) is 6.08 Å². The molecule has 8 heteroatoms. The predicted molar refractivity (Wildman–Crippen MR) is 102 cm³/mol. The molecule has 0 radical (unpaired) electrons. The number of para-hydroxylation sites is 1. The van der Waals surface area contributed by atoms with Gasteiger partial charge >= 0.3 is 6.61 Å². The number of hydrogen-bond acceptors (Lipinski definition) is 5. The van der Waals surface area contributed by atoms with E-state index in [1.165, 1.54) is 36.7 Å². The highest BCUT2D eigenvalue weighted by Gasteiger charge is 2.11. The summed E-state index contributed by atoms with van der Waals surface area (Å²) in [4.78, 5) is 16.5. The molecular weight excluding hydrogens is 374 g/mol. The van der Waals surface area contributed by atoms with Crippen LogP contribution in [0, 0.1) is 6.92 Å². The molecule has 0 unspecified atom stereocenters. The van der Waals surface area contributed by atoms with Crippen LogP contribution < -0.4 is 14.8 Å². The van der Waals surface area contributed by atoms with Crippen molar-refractivity contribution < 1.29 is 23.0 Å². The summed E-state index contributed by atoms with van der Waals surface area (Å²) in [6.07, 6.45) is 2.88. The Bertz CT molecular complexity index is 1000. The molecule has 0 bridgehead atoms. The molecule has 0 aliphatic carbocycles. The van der Waals surface area contributed by atoms with E-state index >= 15 is 0 Å². The number of hydrogen-bond donors (Lipinski definition) is 1. The molecule has 3 rings (SSSR count). The Hall–Kier alpha value is -3.00. The number of thiazole rings is 1. The third-order valence-corrected chi connectivity index (χ3v) is 4.62. The SMILES string of the molecule is COc1cc(C=CC(=O)Nc2nc3c(C)cccc3s2)ccc1OC(F)F. The molecule has 0 atom stereocenters. The second-order valence-corrected chi connectivity index (χ2v) is 6.58. The lowest BCUT2D eigenvalue weighted by Crippen LogP contribution is -2.07.